The number of aliphatic hydroxyl groups excluding tert-OH is 1. The molecular weight excluding hydrogens is 268 g/mol. The Kier molecular flexibility index (Phi) is 3.99. The second kappa shape index (κ2) is 5.70. The number of rotatable bonds is 4. The molecule has 1 saturated heterocycles. The number of nitrogens with zero attached hydrogens (tertiary/aromatic N) is 2. The number of anilines is 1. The first kappa shape index (κ1) is 14.0. The normalized spacial score (nSPS) is 15.8. The van der Waals surface area contributed by atoms with Gasteiger partial charge in [-0.3, -0.25) is 24.4 Å². The van der Waals surface area contributed by atoms with Crippen LogP contribution in [0, 0.1) is 0 Å². The molecular formula is C11H14N4O5. The van der Waals surface area contributed by atoms with Gasteiger partial charge >= 0.3 is 11.7 Å². The Bertz CT molecular complexity index is 634. The molecule has 0 aromatic carbocycles. The Balaban J connectivity index is 2.28. The third-order valence-electron chi connectivity index (χ3n) is 2.94. The van der Waals surface area contributed by atoms with Crippen LogP contribution in [-0.2, 0) is 4.79 Å². The standard InChI is InChI=1S/C11H14N4O5/c16-5-1-3-15-8(17)2-4-14(11(15)20)7-6-12-10(19)13-9(7)18/h6,16H,1-5H2,(H2,12,13,18,19). The van der Waals surface area contributed by atoms with Crippen LogP contribution in [-0.4, -0.2) is 51.6 Å². The number of hydrogen-bond acceptors (Lipinski definition) is 5. The van der Waals surface area contributed by atoms with Crippen molar-refractivity contribution in [3.05, 3.63) is 27.0 Å². The molecule has 108 valence electrons. The number of urea groups is 1. The average Bonchev–Trinajstić information content (AvgIpc) is 2.40. The molecule has 9 nitrogen and oxygen atoms in total. The second-order valence-electron chi connectivity index (χ2n) is 4.26. The lowest BCUT2D eigenvalue weighted by Crippen LogP contribution is -2.54. The van der Waals surface area contributed by atoms with Gasteiger partial charge in [0.15, 0.2) is 0 Å². The maximum absolute atomic E-state index is 12.2. The van der Waals surface area contributed by atoms with Crippen molar-refractivity contribution in [2.24, 2.45) is 0 Å². The number of imide groups is 1. The van der Waals surface area contributed by atoms with Crippen molar-refractivity contribution < 1.29 is 14.7 Å². The van der Waals surface area contributed by atoms with Crippen molar-refractivity contribution in [3.8, 4) is 0 Å². The van der Waals surface area contributed by atoms with Crippen molar-refractivity contribution >= 4 is 17.6 Å². The molecule has 1 aliphatic heterocycles. The first-order valence-electron chi connectivity index (χ1n) is 6.09. The number of carbonyl (C=O) groups excluding carboxylic acids is 2. The number of amides is 3. The summed E-state index contributed by atoms with van der Waals surface area (Å²) in [6.07, 6.45) is 1.49. The van der Waals surface area contributed by atoms with Gasteiger partial charge in [0.25, 0.3) is 5.56 Å². The predicted molar refractivity (Wildman–Crippen MR) is 68.5 cm³/mol. The Hall–Kier alpha value is -2.42. The molecule has 1 aromatic rings. The summed E-state index contributed by atoms with van der Waals surface area (Å²) in [5, 5.41) is 8.77. The van der Waals surface area contributed by atoms with E-state index in [2.05, 4.69) is 4.98 Å². The van der Waals surface area contributed by atoms with E-state index in [1.54, 1.807) is 0 Å². The van der Waals surface area contributed by atoms with Gasteiger partial charge in [-0.15, -0.1) is 0 Å². The molecule has 1 aliphatic rings. The van der Waals surface area contributed by atoms with Gasteiger partial charge < -0.3 is 10.1 Å². The van der Waals surface area contributed by atoms with E-state index < -0.39 is 17.3 Å². The number of aromatic amines is 2. The highest BCUT2D eigenvalue weighted by Gasteiger charge is 2.33. The van der Waals surface area contributed by atoms with E-state index in [9.17, 15) is 19.2 Å². The fourth-order valence-electron chi connectivity index (χ4n) is 1.97. The van der Waals surface area contributed by atoms with Crippen LogP contribution in [0.15, 0.2) is 15.8 Å². The summed E-state index contributed by atoms with van der Waals surface area (Å²) >= 11 is 0. The zero-order valence-electron chi connectivity index (χ0n) is 10.6. The Morgan fingerprint density at radius 3 is 2.65 bits per heavy atom. The van der Waals surface area contributed by atoms with Crippen molar-refractivity contribution in [2.75, 3.05) is 24.6 Å². The number of nitrogens with one attached hydrogen (secondary N) is 2. The molecule has 3 N–H and O–H groups in total. The minimum atomic E-state index is -0.696. The Labute approximate surface area is 112 Å². The molecule has 0 spiro atoms. The number of aliphatic hydroxyl groups is 1. The largest absolute Gasteiger partial charge is 0.396 e. The summed E-state index contributed by atoms with van der Waals surface area (Å²) < 4.78 is 0. The van der Waals surface area contributed by atoms with E-state index in [4.69, 9.17) is 5.11 Å². The molecule has 0 bridgehead atoms. The smallest absolute Gasteiger partial charge is 0.331 e. The van der Waals surface area contributed by atoms with E-state index in [0.717, 1.165) is 16.0 Å². The van der Waals surface area contributed by atoms with E-state index >= 15 is 0 Å². The molecule has 2 rings (SSSR count). The van der Waals surface area contributed by atoms with Crippen LogP contribution in [0.5, 0.6) is 0 Å². The lowest BCUT2D eigenvalue weighted by molar-refractivity contribution is -0.128. The Morgan fingerprint density at radius 2 is 2.00 bits per heavy atom. The molecule has 0 radical (unpaired) electrons. The van der Waals surface area contributed by atoms with Gasteiger partial charge in [-0.2, -0.15) is 0 Å². The molecule has 3 amide bonds. The molecule has 0 atom stereocenters. The third-order valence-corrected chi connectivity index (χ3v) is 2.94. The first-order chi connectivity index (χ1) is 9.54. The predicted octanol–water partition coefficient (Wildman–Crippen LogP) is -1.40. The summed E-state index contributed by atoms with van der Waals surface area (Å²) in [7, 11) is 0. The van der Waals surface area contributed by atoms with Gasteiger partial charge in [-0.05, 0) is 6.42 Å². The number of aromatic nitrogens is 2. The molecule has 20 heavy (non-hydrogen) atoms. The number of H-pyrrole nitrogens is 2. The minimum absolute atomic E-state index is 0.0175. The minimum Gasteiger partial charge on any atom is -0.396 e. The zero-order chi connectivity index (χ0) is 14.7. The molecule has 1 aromatic heterocycles. The lowest BCUT2D eigenvalue weighted by atomic mass is 10.2. The third kappa shape index (κ3) is 2.62. The highest BCUT2D eigenvalue weighted by Crippen LogP contribution is 2.16. The highest BCUT2D eigenvalue weighted by molar-refractivity contribution is 6.05. The molecule has 0 saturated carbocycles. The first-order valence-corrected chi connectivity index (χ1v) is 6.09. The van der Waals surface area contributed by atoms with Crippen molar-refractivity contribution in [1.82, 2.24) is 14.9 Å². The van der Waals surface area contributed by atoms with Crippen molar-refractivity contribution in [2.45, 2.75) is 12.8 Å². The summed E-state index contributed by atoms with van der Waals surface area (Å²) in [5.74, 6) is -0.347. The maximum Gasteiger partial charge on any atom is 0.331 e. The van der Waals surface area contributed by atoms with Gasteiger partial charge in [0.2, 0.25) is 5.91 Å². The van der Waals surface area contributed by atoms with E-state index in [0.29, 0.717) is 0 Å². The van der Waals surface area contributed by atoms with E-state index in [1.165, 1.54) is 0 Å². The van der Waals surface area contributed by atoms with Gasteiger partial charge in [-0.25, -0.2) is 9.59 Å². The average molecular weight is 282 g/mol. The fraction of sp³-hybridized carbons (Fsp3) is 0.455. The van der Waals surface area contributed by atoms with Crippen LogP contribution in [0.3, 0.4) is 0 Å². The van der Waals surface area contributed by atoms with Crippen LogP contribution in [0.1, 0.15) is 12.8 Å². The number of hydrogen-bond donors (Lipinski definition) is 3. The second-order valence-corrected chi connectivity index (χ2v) is 4.26. The summed E-state index contributed by atoms with van der Waals surface area (Å²) in [5.41, 5.74) is -1.38. The quantitative estimate of drug-likeness (QED) is 0.626. The van der Waals surface area contributed by atoms with Gasteiger partial charge in [-0.1, -0.05) is 0 Å². The molecule has 1 fully saturated rings. The van der Waals surface area contributed by atoms with Gasteiger partial charge in [0.05, 0.1) is 0 Å². The van der Waals surface area contributed by atoms with Crippen LogP contribution in [0.25, 0.3) is 0 Å². The van der Waals surface area contributed by atoms with E-state index in [1.807, 2.05) is 4.98 Å². The van der Waals surface area contributed by atoms with Crippen molar-refractivity contribution in [1.29, 1.82) is 0 Å². The SMILES string of the molecule is O=C1CCN(c2c[nH]c(=O)[nH]c2=O)C(=O)N1CCCO. The topological polar surface area (TPSA) is 127 Å². The molecule has 0 unspecified atom stereocenters. The maximum atomic E-state index is 12.2. The van der Waals surface area contributed by atoms with Crippen molar-refractivity contribution in [3.63, 3.8) is 0 Å². The molecule has 9 heteroatoms. The summed E-state index contributed by atoms with van der Waals surface area (Å²) in [6, 6.07) is -0.632. The summed E-state index contributed by atoms with van der Waals surface area (Å²) in [4.78, 5) is 52.9. The lowest BCUT2D eigenvalue weighted by Gasteiger charge is -2.33. The number of carbonyl (C=O) groups is 2. The summed E-state index contributed by atoms with van der Waals surface area (Å²) in [6.45, 7) is 0.0185. The van der Waals surface area contributed by atoms with Crippen LogP contribution < -0.4 is 16.1 Å². The van der Waals surface area contributed by atoms with Crippen LogP contribution >= 0.6 is 0 Å². The van der Waals surface area contributed by atoms with Crippen LogP contribution in [0.2, 0.25) is 0 Å². The molecule has 0 aliphatic carbocycles. The Morgan fingerprint density at radius 1 is 1.25 bits per heavy atom. The molecule has 2 heterocycles. The van der Waals surface area contributed by atoms with Gasteiger partial charge in [0, 0.05) is 32.3 Å². The van der Waals surface area contributed by atoms with Crippen LogP contribution in [0.4, 0.5) is 10.5 Å². The van der Waals surface area contributed by atoms with E-state index in [-0.39, 0.29) is 44.1 Å². The highest BCUT2D eigenvalue weighted by atomic mass is 16.3. The van der Waals surface area contributed by atoms with Gasteiger partial charge in [0.1, 0.15) is 5.69 Å². The fourth-order valence-corrected chi connectivity index (χ4v) is 1.97. The zero-order valence-corrected chi connectivity index (χ0v) is 10.6. The monoisotopic (exact) mass is 282 g/mol.